The molecule has 1 aliphatic heterocycles. The van der Waals surface area contributed by atoms with E-state index in [0.717, 1.165) is 39.9 Å². The number of rotatable bonds is 7. The third kappa shape index (κ3) is 5.52. The fourth-order valence-electron chi connectivity index (χ4n) is 3.86. The summed E-state index contributed by atoms with van der Waals surface area (Å²) in [6.45, 7) is 0.823. The number of hydrogen-bond acceptors (Lipinski definition) is 5. The van der Waals surface area contributed by atoms with Crippen LogP contribution in [0, 0.1) is 18.6 Å². The molecule has 36 heavy (non-hydrogen) atoms. The lowest BCUT2D eigenvalue weighted by Crippen LogP contribution is -2.47. The number of carbonyl (C=O) groups is 2. The van der Waals surface area contributed by atoms with Gasteiger partial charge in [0.25, 0.3) is 5.91 Å². The first-order valence-corrected chi connectivity index (χ1v) is 11.0. The Kier molecular flexibility index (Phi) is 8.06. The molecule has 2 N–H and O–H groups in total. The maximum Gasteiger partial charge on any atom is 0.416 e. The van der Waals surface area contributed by atoms with Crippen LogP contribution >= 0.6 is 11.6 Å². The van der Waals surface area contributed by atoms with Gasteiger partial charge in [0.15, 0.2) is 5.82 Å². The fourth-order valence-corrected chi connectivity index (χ4v) is 4.02. The maximum absolute atomic E-state index is 14.6. The number of alkyl halides is 3. The van der Waals surface area contributed by atoms with Gasteiger partial charge >= 0.3 is 12.2 Å². The van der Waals surface area contributed by atoms with Crippen molar-refractivity contribution in [1.29, 1.82) is 0 Å². The van der Waals surface area contributed by atoms with Crippen molar-refractivity contribution in [3.8, 4) is 0 Å². The Labute approximate surface area is 208 Å². The second kappa shape index (κ2) is 10.5. The monoisotopic (exact) mass is 535 g/mol. The van der Waals surface area contributed by atoms with Crippen molar-refractivity contribution in [2.24, 2.45) is 0 Å². The Balaban J connectivity index is 2.05. The maximum atomic E-state index is 14.6. The van der Waals surface area contributed by atoms with Crippen LogP contribution in [0.3, 0.4) is 0 Å². The number of hydrogen-bond donors (Lipinski definition) is 2. The average molecular weight is 536 g/mol. The minimum atomic E-state index is -4.75. The zero-order chi connectivity index (χ0) is 26.9. The van der Waals surface area contributed by atoms with Crippen LogP contribution in [0.5, 0.6) is 0 Å². The van der Waals surface area contributed by atoms with E-state index in [4.69, 9.17) is 11.6 Å². The number of nitrogens with one attached hydrogen (secondary N) is 1. The molecule has 0 bridgehead atoms. The molecule has 14 heteroatoms. The molecule has 0 radical (unpaired) electrons. The largest absolute Gasteiger partial charge is 0.416 e. The first kappa shape index (κ1) is 27.6. The van der Waals surface area contributed by atoms with Gasteiger partial charge in [0.2, 0.25) is 0 Å². The quantitative estimate of drug-likeness (QED) is 0.420. The van der Waals surface area contributed by atoms with E-state index in [2.05, 4.69) is 10.3 Å². The van der Waals surface area contributed by atoms with Crippen molar-refractivity contribution in [2.45, 2.75) is 25.2 Å². The van der Waals surface area contributed by atoms with Gasteiger partial charge in [-0.05, 0) is 38.2 Å². The summed E-state index contributed by atoms with van der Waals surface area (Å²) in [6, 6.07) is 0.922. The van der Waals surface area contributed by atoms with Crippen LogP contribution in [0.25, 0.3) is 0 Å². The van der Waals surface area contributed by atoms with E-state index >= 15 is 0 Å². The predicted molar refractivity (Wildman–Crippen MR) is 122 cm³/mol. The van der Waals surface area contributed by atoms with Crippen LogP contribution < -0.4 is 15.1 Å². The number of likely N-dealkylation sites (N-methyl/N-ethyl adjacent to an activating group) is 2. The highest BCUT2D eigenvalue weighted by Gasteiger charge is 2.46. The Hall–Kier alpha value is -3.03. The normalized spacial score (nSPS) is 17.1. The highest BCUT2D eigenvalue weighted by Crippen LogP contribution is 2.35. The van der Waals surface area contributed by atoms with E-state index in [1.165, 1.54) is 6.92 Å². The summed E-state index contributed by atoms with van der Waals surface area (Å²) in [5.74, 6) is -3.61. The molecular weight excluding hydrogens is 513 g/mol. The second-order valence-corrected chi connectivity index (χ2v) is 8.61. The molecule has 196 valence electrons. The molecule has 0 aliphatic carbocycles. The van der Waals surface area contributed by atoms with Crippen molar-refractivity contribution >= 4 is 35.0 Å². The van der Waals surface area contributed by atoms with Crippen molar-refractivity contribution in [3.05, 3.63) is 52.2 Å². The molecule has 3 amide bonds. The van der Waals surface area contributed by atoms with E-state index < -0.39 is 64.0 Å². The number of nitrogens with zero attached hydrogens (tertiary/aromatic N) is 4. The minimum absolute atomic E-state index is 0.0581. The van der Waals surface area contributed by atoms with Gasteiger partial charge in [-0.15, -0.1) is 0 Å². The zero-order valence-electron chi connectivity index (χ0n) is 19.4. The molecule has 1 aromatic heterocycles. The van der Waals surface area contributed by atoms with E-state index in [0.29, 0.717) is 6.07 Å². The molecule has 8 nitrogen and oxygen atoms in total. The van der Waals surface area contributed by atoms with Crippen LogP contribution in [-0.2, 0) is 11.0 Å². The van der Waals surface area contributed by atoms with Gasteiger partial charge < -0.3 is 20.2 Å². The zero-order valence-corrected chi connectivity index (χ0v) is 20.2. The van der Waals surface area contributed by atoms with Crippen LogP contribution in [0.15, 0.2) is 24.3 Å². The summed E-state index contributed by atoms with van der Waals surface area (Å²) >= 11 is 5.62. The Bertz CT molecular complexity index is 1170. The third-order valence-electron chi connectivity index (χ3n) is 5.56. The van der Waals surface area contributed by atoms with Crippen LogP contribution in [0.1, 0.15) is 11.3 Å². The lowest BCUT2D eigenvalue weighted by Gasteiger charge is -2.27. The molecule has 1 aliphatic rings. The van der Waals surface area contributed by atoms with Crippen LogP contribution in [-0.4, -0.2) is 72.8 Å². The summed E-state index contributed by atoms with van der Waals surface area (Å²) in [5, 5.41) is 12.0. The van der Waals surface area contributed by atoms with Gasteiger partial charge in [-0.1, -0.05) is 11.6 Å². The molecule has 1 saturated heterocycles. The lowest BCUT2D eigenvalue weighted by atomic mass is 10.1. The van der Waals surface area contributed by atoms with Gasteiger partial charge in [0, 0.05) is 25.8 Å². The number of aliphatic hydroxyl groups excluding tert-OH is 1. The molecular formula is C22H23ClF5N5O3. The number of halogens is 6. The number of pyridine rings is 1. The number of anilines is 2. The smallest absolute Gasteiger partial charge is 0.390 e. The molecule has 3 rings (SSSR count). The van der Waals surface area contributed by atoms with E-state index in [1.54, 1.807) is 7.05 Å². The standard InChI is InChI=1S/C22H23ClF5N5O3/c1-11-6-12(22(26,27)28)7-17(30-11)33-16(10-32(21(33)36)9-13(34)8-29-2)20(35)31(3)15-5-4-14(24)18(23)19(15)25/h4-7,13,16,29,34H,8-10H2,1-3H3/t13?,16-/m0/s1. The Morgan fingerprint density at radius 2 is 2.00 bits per heavy atom. The van der Waals surface area contributed by atoms with E-state index in [-0.39, 0.29) is 25.3 Å². The Morgan fingerprint density at radius 1 is 1.33 bits per heavy atom. The van der Waals surface area contributed by atoms with Gasteiger partial charge in [0.05, 0.1) is 23.9 Å². The summed E-state index contributed by atoms with van der Waals surface area (Å²) in [7, 11) is 2.72. The molecule has 2 aromatic rings. The van der Waals surface area contributed by atoms with Gasteiger partial charge in [-0.3, -0.25) is 9.69 Å². The van der Waals surface area contributed by atoms with Crippen molar-refractivity contribution in [3.63, 3.8) is 0 Å². The summed E-state index contributed by atoms with van der Waals surface area (Å²) < 4.78 is 68.5. The van der Waals surface area contributed by atoms with Gasteiger partial charge in [-0.2, -0.15) is 13.2 Å². The molecule has 1 aromatic carbocycles. The first-order chi connectivity index (χ1) is 16.8. The number of carbonyl (C=O) groups excluding carboxylic acids is 2. The predicted octanol–water partition coefficient (Wildman–Crippen LogP) is 3.19. The van der Waals surface area contributed by atoms with Crippen LogP contribution in [0.4, 0.5) is 38.3 Å². The number of aliphatic hydroxyl groups is 1. The van der Waals surface area contributed by atoms with Crippen molar-refractivity contribution in [1.82, 2.24) is 15.2 Å². The topological polar surface area (TPSA) is 89.0 Å². The SMILES string of the molecule is CNCC(O)CN1C[C@@H](C(=O)N(C)c2ccc(F)c(Cl)c2F)N(c2cc(C(F)(F)F)cc(C)n2)C1=O. The number of benzene rings is 1. The first-order valence-electron chi connectivity index (χ1n) is 10.6. The van der Waals surface area contributed by atoms with E-state index in [1.807, 2.05) is 0 Å². The molecule has 0 saturated carbocycles. The van der Waals surface area contributed by atoms with Gasteiger partial charge in [0.1, 0.15) is 22.7 Å². The second-order valence-electron chi connectivity index (χ2n) is 8.23. The number of aryl methyl sites for hydroxylation is 1. The highest BCUT2D eigenvalue weighted by molar-refractivity contribution is 6.31. The molecule has 1 fully saturated rings. The van der Waals surface area contributed by atoms with Crippen molar-refractivity contribution < 1.29 is 36.6 Å². The third-order valence-corrected chi connectivity index (χ3v) is 5.90. The van der Waals surface area contributed by atoms with Crippen LogP contribution in [0.2, 0.25) is 5.02 Å². The van der Waals surface area contributed by atoms with E-state index in [9.17, 15) is 36.6 Å². The summed E-state index contributed by atoms with van der Waals surface area (Å²) in [5.41, 5.74) is -1.54. The number of β-amino-alcohol motifs (C(OH)–C–C–N with tert-alkyl or cyclic N) is 1. The molecule has 0 spiro atoms. The summed E-state index contributed by atoms with van der Waals surface area (Å²) in [4.78, 5) is 33.3. The number of amides is 3. The molecule has 2 heterocycles. The molecule has 2 atom stereocenters. The van der Waals surface area contributed by atoms with Gasteiger partial charge in [-0.25, -0.2) is 18.6 Å². The Morgan fingerprint density at radius 3 is 2.61 bits per heavy atom. The minimum Gasteiger partial charge on any atom is -0.390 e. The fraction of sp³-hybridized carbons (Fsp3) is 0.409. The highest BCUT2D eigenvalue weighted by atomic mass is 35.5. The van der Waals surface area contributed by atoms with Crippen molar-refractivity contribution in [2.75, 3.05) is 43.5 Å². The molecule has 1 unspecified atom stereocenters. The number of urea groups is 1. The number of aromatic nitrogens is 1. The average Bonchev–Trinajstić information content (AvgIpc) is 3.11. The summed E-state index contributed by atoms with van der Waals surface area (Å²) in [6.07, 6.45) is -5.80. The lowest BCUT2D eigenvalue weighted by molar-refractivity contribution is -0.137.